The van der Waals surface area contributed by atoms with Gasteiger partial charge in [-0.05, 0) is 31.2 Å². The van der Waals surface area contributed by atoms with Crippen LogP contribution in [0.1, 0.15) is 5.56 Å². The molecule has 188 valence electrons. The lowest BCUT2D eigenvalue weighted by molar-refractivity contribution is -0.277. The van der Waals surface area contributed by atoms with Crippen LogP contribution in [-0.4, -0.2) is 77.1 Å². The van der Waals surface area contributed by atoms with E-state index in [9.17, 15) is 30.3 Å². The largest absolute Gasteiger partial charge is 0.507 e. The van der Waals surface area contributed by atoms with Crippen LogP contribution < -0.4 is 19.6 Å². The van der Waals surface area contributed by atoms with Gasteiger partial charge in [0.25, 0.3) is 0 Å². The van der Waals surface area contributed by atoms with Gasteiger partial charge in [0.1, 0.15) is 47.1 Å². The van der Waals surface area contributed by atoms with Crippen molar-refractivity contribution >= 4 is 11.0 Å². The van der Waals surface area contributed by atoms with Crippen LogP contribution in [0.2, 0.25) is 0 Å². The van der Waals surface area contributed by atoms with E-state index in [-0.39, 0.29) is 39.5 Å². The van der Waals surface area contributed by atoms with Gasteiger partial charge >= 0.3 is 0 Å². The third-order valence-corrected chi connectivity index (χ3v) is 5.95. The fourth-order valence-electron chi connectivity index (χ4n) is 3.98. The van der Waals surface area contributed by atoms with Crippen LogP contribution in [0.5, 0.6) is 23.0 Å². The second-order valence-corrected chi connectivity index (χ2v) is 8.06. The van der Waals surface area contributed by atoms with Gasteiger partial charge in [0, 0.05) is 17.2 Å². The van der Waals surface area contributed by atoms with E-state index >= 15 is 0 Å². The average molecular weight is 490 g/mol. The lowest BCUT2D eigenvalue weighted by Gasteiger charge is -2.39. The van der Waals surface area contributed by atoms with E-state index in [1.54, 1.807) is 24.3 Å². The van der Waals surface area contributed by atoms with Crippen LogP contribution in [0.25, 0.3) is 22.3 Å². The smallest absolute Gasteiger partial charge is 0.229 e. The topological polar surface area (TPSA) is 168 Å². The average Bonchev–Trinajstić information content (AvgIpc) is 2.87. The molecule has 3 aromatic rings. The van der Waals surface area contributed by atoms with E-state index in [1.807, 2.05) is 0 Å². The van der Waals surface area contributed by atoms with Gasteiger partial charge in [0.15, 0.2) is 16.8 Å². The highest BCUT2D eigenvalue weighted by Crippen LogP contribution is 2.45. The van der Waals surface area contributed by atoms with Crippen LogP contribution in [-0.2, 0) is 4.74 Å². The first kappa shape index (κ1) is 24.8. The minimum atomic E-state index is -1.72. The Bertz CT molecular complexity index is 1270. The van der Waals surface area contributed by atoms with Gasteiger partial charge in [-0.15, -0.1) is 0 Å². The lowest BCUT2D eigenvalue weighted by Crippen LogP contribution is -2.60. The summed E-state index contributed by atoms with van der Waals surface area (Å²) in [6.07, 6.45) is -7.81. The highest BCUT2D eigenvalue weighted by Gasteiger charge is 2.45. The van der Waals surface area contributed by atoms with Crippen molar-refractivity contribution in [1.82, 2.24) is 0 Å². The molecule has 11 heteroatoms. The monoisotopic (exact) mass is 490 g/mol. The van der Waals surface area contributed by atoms with Crippen molar-refractivity contribution in [2.24, 2.45) is 0 Å². The van der Waals surface area contributed by atoms with E-state index in [0.29, 0.717) is 11.3 Å². The summed E-state index contributed by atoms with van der Waals surface area (Å²) in [6.45, 7) is 0.832. The van der Waals surface area contributed by atoms with Crippen LogP contribution in [0.3, 0.4) is 0 Å². The van der Waals surface area contributed by atoms with Crippen molar-refractivity contribution in [2.45, 2.75) is 37.6 Å². The molecule has 0 aliphatic carbocycles. The highest BCUT2D eigenvalue weighted by molar-refractivity contribution is 5.93. The molecule has 35 heavy (non-hydrogen) atoms. The molecule has 0 amide bonds. The van der Waals surface area contributed by atoms with Crippen molar-refractivity contribution < 1.29 is 48.9 Å². The molecule has 1 saturated heterocycles. The molecule has 5 atom stereocenters. The third-order valence-electron chi connectivity index (χ3n) is 5.95. The van der Waals surface area contributed by atoms with Crippen LogP contribution in [0.4, 0.5) is 0 Å². The number of aliphatic hydroxyl groups is 4. The first-order valence-electron chi connectivity index (χ1n) is 10.7. The zero-order valence-electron chi connectivity index (χ0n) is 19.2. The molecule has 0 saturated carbocycles. The molecule has 2 heterocycles. The number of phenolic OH excluding ortho intramolecular Hbond substituents is 1. The maximum absolute atomic E-state index is 13.0. The number of aromatic hydroxyl groups is 1. The molecule has 1 aliphatic rings. The summed E-state index contributed by atoms with van der Waals surface area (Å²) in [6, 6.07) is 7.92. The molecule has 0 bridgehead atoms. The van der Waals surface area contributed by atoms with Gasteiger partial charge in [-0.3, -0.25) is 4.79 Å². The van der Waals surface area contributed by atoms with Gasteiger partial charge in [-0.1, -0.05) is 0 Å². The van der Waals surface area contributed by atoms with Crippen molar-refractivity contribution in [3.63, 3.8) is 0 Å². The third kappa shape index (κ3) is 4.28. The number of phenols is 1. The van der Waals surface area contributed by atoms with E-state index in [2.05, 4.69) is 0 Å². The first-order valence-corrected chi connectivity index (χ1v) is 10.7. The molecule has 5 N–H and O–H groups in total. The lowest BCUT2D eigenvalue weighted by atomic mass is 9.99. The molecule has 0 spiro atoms. The Morgan fingerprint density at radius 3 is 2.26 bits per heavy atom. The number of hydrogen-bond donors (Lipinski definition) is 5. The fraction of sp³-hybridized carbons (Fsp3) is 0.375. The zero-order valence-corrected chi connectivity index (χ0v) is 19.2. The number of aliphatic hydroxyl groups excluding tert-OH is 4. The number of hydrogen-bond acceptors (Lipinski definition) is 11. The Balaban J connectivity index is 1.90. The number of benzene rings is 2. The van der Waals surface area contributed by atoms with Crippen molar-refractivity contribution in [2.75, 3.05) is 20.8 Å². The highest BCUT2D eigenvalue weighted by atomic mass is 16.7. The number of methoxy groups -OCH3 is 2. The van der Waals surface area contributed by atoms with Crippen LogP contribution in [0, 0.1) is 6.92 Å². The minimum absolute atomic E-state index is 0.0120. The molecule has 4 rings (SSSR count). The van der Waals surface area contributed by atoms with Crippen molar-refractivity contribution in [1.29, 1.82) is 0 Å². The normalized spacial score (nSPS) is 24.4. The molecule has 1 fully saturated rings. The van der Waals surface area contributed by atoms with Gasteiger partial charge in [0.05, 0.1) is 20.8 Å². The number of rotatable bonds is 6. The van der Waals surface area contributed by atoms with E-state index < -0.39 is 42.7 Å². The molecular formula is C24H26O11. The van der Waals surface area contributed by atoms with Crippen LogP contribution >= 0.6 is 0 Å². The molecule has 5 unspecified atom stereocenters. The Labute approximate surface area is 199 Å². The van der Waals surface area contributed by atoms with E-state index in [0.717, 1.165) is 0 Å². The summed E-state index contributed by atoms with van der Waals surface area (Å²) < 4.78 is 27.8. The summed E-state index contributed by atoms with van der Waals surface area (Å²) in [4.78, 5) is 13.0. The Hall–Kier alpha value is -3.35. The summed E-state index contributed by atoms with van der Waals surface area (Å²) in [5, 5.41) is 50.6. The zero-order chi connectivity index (χ0) is 25.4. The summed E-state index contributed by atoms with van der Waals surface area (Å²) in [5.74, 6) is 0.164. The summed E-state index contributed by atoms with van der Waals surface area (Å²) in [5.41, 5.74) is -0.0779. The van der Waals surface area contributed by atoms with E-state index in [1.165, 1.54) is 27.2 Å². The predicted octanol–water partition coefficient (Wildman–Crippen LogP) is 0.670. The molecular weight excluding hydrogens is 464 g/mol. The molecule has 2 aromatic carbocycles. The maximum Gasteiger partial charge on any atom is 0.229 e. The minimum Gasteiger partial charge on any atom is -0.507 e. The standard InChI is InChI=1S/C24H26O11/c1-10-17(27)16-13(26)8-14(11-4-6-12(31-2)7-5-11)33-22(16)23(21(10)32-3)35-24-20(30)19(29)18(28)15(9-25)34-24/h4-8,15,18-20,24-25,27-30H,9H2,1-3H3. The van der Waals surface area contributed by atoms with Gasteiger partial charge in [-0.25, -0.2) is 0 Å². The SMILES string of the molecule is COc1ccc(-c2cc(=O)c3c(O)c(C)c(OC)c(OC4OC(CO)C(O)C(O)C4O)c3o2)cc1. The quantitative estimate of drug-likeness (QED) is 0.329. The van der Waals surface area contributed by atoms with Crippen LogP contribution in [0.15, 0.2) is 39.5 Å². The van der Waals surface area contributed by atoms with Crippen molar-refractivity contribution in [3.05, 3.63) is 46.1 Å². The fourth-order valence-corrected chi connectivity index (χ4v) is 3.98. The molecule has 1 aromatic heterocycles. The Morgan fingerprint density at radius 1 is 0.971 bits per heavy atom. The van der Waals surface area contributed by atoms with Gasteiger partial charge < -0.3 is 48.9 Å². The molecule has 11 nitrogen and oxygen atoms in total. The predicted molar refractivity (Wildman–Crippen MR) is 122 cm³/mol. The maximum atomic E-state index is 13.0. The Kier molecular flexibility index (Phi) is 6.88. The second-order valence-electron chi connectivity index (χ2n) is 8.06. The first-order chi connectivity index (χ1) is 16.7. The second kappa shape index (κ2) is 9.72. The van der Waals surface area contributed by atoms with Gasteiger partial charge in [-0.2, -0.15) is 0 Å². The number of ether oxygens (including phenoxy) is 4. The van der Waals surface area contributed by atoms with Gasteiger partial charge in [0.2, 0.25) is 12.0 Å². The van der Waals surface area contributed by atoms with E-state index in [4.69, 9.17) is 23.4 Å². The summed E-state index contributed by atoms with van der Waals surface area (Å²) in [7, 11) is 2.82. The molecule has 0 radical (unpaired) electrons. The van der Waals surface area contributed by atoms with Crippen molar-refractivity contribution in [3.8, 4) is 34.3 Å². The molecule has 1 aliphatic heterocycles. The number of fused-ring (bicyclic) bond motifs is 1. The summed E-state index contributed by atoms with van der Waals surface area (Å²) >= 11 is 0. The Morgan fingerprint density at radius 2 is 1.66 bits per heavy atom.